The number of ether oxygens (including phenoxy) is 3. The van der Waals surface area contributed by atoms with Gasteiger partial charge in [-0.3, -0.25) is 0 Å². The van der Waals surface area contributed by atoms with E-state index in [9.17, 15) is 5.11 Å². The molecule has 1 N–H and O–H groups in total. The van der Waals surface area contributed by atoms with E-state index in [1.165, 1.54) is 12.8 Å². The minimum Gasteiger partial charge on any atom is -0.388 e. The molecule has 0 radical (unpaired) electrons. The van der Waals surface area contributed by atoms with Gasteiger partial charge in [-0.05, 0) is 6.42 Å². The van der Waals surface area contributed by atoms with Crippen LogP contribution in [0.25, 0.3) is 0 Å². The molecule has 0 unspecified atom stereocenters. The first-order valence-corrected chi connectivity index (χ1v) is 5.85. The summed E-state index contributed by atoms with van der Waals surface area (Å²) >= 11 is 0. The van der Waals surface area contributed by atoms with Crippen LogP contribution in [0.3, 0.4) is 0 Å². The molecule has 0 bridgehead atoms. The molecule has 4 atom stereocenters. The molecule has 16 heavy (non-hydrogen) atoms. The van der Waals surface area contributed by atoms with Gasteiger partial charge in [0.1, 0.15) is 24.4 Å². The van der Waals surface area contributed by atoms with Gasteiger partial charge in [0.15, 0.2) is 0 Å². The molecule has 0 saturated carbocycles. The van der Waals surface area contributed by atoms with Gasteiger partial charge in [0.05, 0.1) is 13.2 Å². The Hall–Kier alpha value is 0.528. The van der Waals surface area contributed by atoms with Crippen molar-refractivity contribution in [3.8, 4) is 0 Å². The number of unbranched alkanes of at least 4 members (excludes halogenated alkanes) is 2. The maximum absolute atomic E-state index is 9.52. The number of hydrogen-bond acceptors (Lipinski definition) is 4. The van der Waals surface area contributed by atoms with Crippen molar-refractivity contribution in [1.29, 1.82) is 0 Å². The molecule has 5 heteroatoms. The van der Waals surface area contributed by atoms with Crippen LogP contribution in [0.15, 0.2) is 0 Å². The van der Waals surface area contributed by atoms with Gasteiger partial charge in [-0.15, -0.1) is 0 Å². The van der Waals surface area contributed by atoms with Crippen LogP contribution in [-0.2, 0) is 35.3 Å². The van der Waals surface area contributed by atoms with Crippen LogP contribution in [0.1, 0.15) is 26.2 Å². The Labute approximate surface area is 111 Å². The molecule has 94 valence electrons. The third-order valence-corrected chi connectivity index (χ3v) is 3.06. The van der Waals surface area contributed by atoms with Gasteiger partial charge in [0.25, 0.3) is 0 Å². The largest absolute Gasteiger partial charge is 0.388 e. The Balaban J connectivity index is 0.00000128. The predicted octanol–water partition coefficient (Wildman–Crippen LogP) is 0.718. The Kier molecular flexibility index (Phi) is 6.45. The first kappa shape index (κ1) is 14.6. The van der Waals surface area contributed by atoms with Crippen LogP contribution < -0.4 is 0 Å². The SMILES string of the molecule is CCCCCO[C@@H]1CO[C@H]2[C@@H]1OC[C@H]2O.[W]. The molecule has 0 amide bonds. The van der Waals surface area contributed by atoms with Crippen molar-refractivity contribution < 1.29 is 40.4 Å². The molecule has 4 nitrogen and oxygen atoms in total. The van der Waals surface area contributed by atoms with E-state index < -0.39 is 6.10 Å². The molecule has 0 aromatic heterocycles. The summed E-state index contributed by atoms with van der Waals surface area (Å²) in [5.41, 5.74) is 0. The molecule has 2 aliphatic heterocycles. The van der Waals surface area contributed by atoms with Crippen molar-refractivity contribution in [3.05, 3.63) is 0 Å². The minimum atomic E-state index is -0.473. The topological polar surface area (TPSA) is 47.9 Å². The fourth-order valence-corrected chi connectivity index (χ4v) is 2.17. The van der Waals surface area contributed by atoms with Crippen molar-refractivity contribution in [2.45, 2.75) is 50.6 Å². The van der Waals surface area contributed by atoms with E-state index in [0.29, 0.717) is 13.2 Å². The van der Waals surface area contributed by atoms with Gasteiger partial charge in [0, 0.05) is 27.7 Å². The van der Waals surface area contributed by atoms with Crippen LogP contribution in [0.4, 0.5) is 0 Å². The maximum atomic E-state index is 9.52. The molecule has 0 aromatic rings. The summed E-state index contributed by atoms with van der Waals surface area (Å²) in [7, 11) is 0. The average molecular weight is 400 g/mol. The van der Waals surface area contributed by atoms with E-state index in [-0.39, 0.29) is 39.4 Å². The van der Waals surface area contributed by atoms with Crippen LogP contribution in [-0.4, -0.2) is 49.3 Å². The van der Waals surface area contributed by atoms with Gasteiger partial charge in [-0.1, -0.05) is 19.8 Å². The summed E-state index contributed by atoms with van der Waals surface area (Å²) in [6.45, 7) is 3.87. The van der Waals surface area contributed by atoms with Crippen LogP contribution in [0.5, 0.6) is 0 Å². The number of rotatable bonds is 5. The molecule has 0 aromatic carbocycles. The number of hydrogen-bond donors (Lipinski definition) is 1. The molecule has 2 rings (SSSR count). The fourth-order valence-electron chi connectivity index (χ4n) is 2.17. The zero-order chi connectivity index (χ0) is 10.7. The summed E-state index contributed by atoms with van der Waals surface area (Å²) in [5, 5.41) is 9.52. The zero-order valence-electron chi connectivity index (χ0n) is 9.63. The Morgan fingerprint density at radius 2 is 1.94 bits per heavy atom. The molecule has 2 heterocycles. The normalized spacial score (nSPS) is 37.1. The van der Waals surface area contributed by atoms with Crippen molar-refractivity contribution in [3.63, 3.8) is 0 Å². The summed E-state index contributed by atoms with van der Waals surface area (Å²) in [6.07, 6.45) is 2.82. The Morgan fingerprint density at radius 1 is 1.19 bits per heavy atom. The summed E-state index contributed by atoms with van der Waals surface area (Å²) in [5.74, 6) is 0. The Morgan fingerprint density at radius 3 is 2.69 bits per heavy atom. The third-order valence-electron chi connectivity index (χ3n) is 3.06. The van der Waals surface area contributed by atoms with Crippen molar-refractivity contribution >= 4 is 0 Å². The van der Waals surface area contributed by atoms with Crippen molar-refractivity contribution in [1.82, 2.24) is 0 Å². The van der Waals surface area contributed by atoms with Crippen molar-refractivity contribution in [2.75, 3.05) is 19.8 Å². The first-order valence-electron chi connectivity index (χ1n) is 5.85. The van der Waals surface area contributed by atoms with Gasteiger partial charge < -0.3 is 19.3 Å². The minimum absolute atomic E-state index is 0. The number of fused-ring (bicyclic) bond motifs is 1. The van der Waals surface area contributed by atoms with Crippen molar-refractivity contribution in [2.24, 2.45) is 0 Å². The predicted molar refractivity (Wildman–Crippen MR) is 54.8 cm³/mol. The van der Waals surface area contributed by atoms with Gasteiger partial charge >= 0.3 is 0 Å². The first-order chi connectivity index (χ1) is 7.33. The third kappa shape index (κ3) is 3.27. The zero-order valence-corrected chi connectivity index (χ0v) is 12.6. The molecule has 2 aliphatic rings. The second kappa shape index (κ2) is 7.07. The van der Waals surface area contributed by atoms with Gasteiger partial charge in [0.2, 0.25) is 0 Å². The van der Waals surface area contributed by atoms with E-state index in [0.717, 1.165) is 13.0 Å². The fraction of sp³-hybridized carbons (Fsp3) is 1.00. The number of aliphatic hydroxyl groups excluding tert-OH is 1. The van der Waals surface area contributed by atoms with E-state index in [1.807, 2.05) is 0 Å². The molecule has 0 spiro atoms. The van der Waals surface area contributed by atoms with Crippen LogP contribution >= 0.6 is 0 Å². The Bertz CT molecular complexity index is 202. The van der Waals surface area contributed by atoms with Gasteiger partial charge in [-0.25, -0.2) is 0 Å². The molecular weight excluding hydrogens is 380 g/mol. The molecular formula is C11H20O4W. The average Bonchev–Trinajstić information content (AvgIpc) is 2.78. The monoisotopic (exact) mass is 400 g/mol. The second-order valence-electron chi connectivity index (χ2n) is 4.28. The molecule has 2 saturated heterocycles. The van der Waals surface area contributed by atoms with Crippen LogP contribution in [0, 0.1) is 0 Å². The quantitative estimate of drug-likeness (QED) is 0.692. The van der Waals surface area contributed by atoms with E-state index in [1.54, 1.807) is 0 Å². The molecule has 2 fully saturated rings. The van der Waals surface area contributed by atoms with Crippen LogP contribution in [0.2, 0.25) is 0 Å². The summed E-state index contributed by atoms with van der Waals surface area (Å²) in [4.78, 5) is 0. The smallest absolute Gasteiger partial charge is 0.115 e. The van der Waals surface area contributed by atoms with E-state index >= 15 is 0 Å². The maximum Gasteiger partial charge on any atom is 0.115 e. The molecule has 0 aliphatic carbocycles. The van der Waals surface area contributed by atoms with E-state index in [4.69, 9.17) is 14.2 Å². The summed E-state index contributed by atoms with van der Waals surface area (Å²) < 4.78 is 16.6. The number of aliphatic hydroxyl groups is 1. The standard InChI is InChI=1S/C11H20O4.W/c1-2-3-4-5-13-9-7-15-10-8(12)6-14-11(9)10;/h8-12H,2-7H2,1H3;/t8-,9-,10-,11-;/m1./s1. The van der Waals surface area contributed by atoms with E-state index in [2.05, 4.69) is 6.92 Å². The second-order valence-corrected chi connectivity index (χ2v) is 4.28. The summed E-state index contributed by atoms with van der Waals surface area (Å²) in [6, 6.07) is 0. The van der Waals surface area contributed by atoms with Gasteiger partial charge in [-0.2, -0.15) is 0 Å².